The molecule has 0 aliphatic carbocycles. The maximum Gasteiger partial charge on any atom is 0.247 e. The van der Waals surface area contributed by atoms with Gasteiger partial charge in [-0.1, -0.05) is 116 Å². The summed E-state index contributed by atoms with van der Waals surface area (Å²) in [4.78, 5) is 32.1. The fourth-order valence-corrected chi connectivity index (χ4v) is 5.42. The summed E-state index contributed by atoms with van der Waals surface area (Å²) in [6.07, 6.45) is 5.68. The van der Waals surface area contributed by atoms with Gasteiger partial charge in [0.15, 0.2) is 0 Å². The zero-order valence-electron chi connectivity index (χ0n) is 24.0. The van der Waals surface area contributed by atoms with Crippen molar-refractivity contribution in [2.24, 2.45) is 0 Å². The van der Waals surface area contributed by atoms with Crippen LogP contribution in [0.2, 0.25) is 0 Å². The lowest BCUT2D eigenvalue weighted by Crippen LogP contribution is -2.52. The van der Waals surface area contributed by atoms with Crippen LogP contribution >= 0.6 is 0 Å². The van der Waals surface area contributed by atoms with E-state index >= 15 is 0 Å². The molecule has 41 heavy (non-hydrogen) atoms. The molecule has 0 spiro atoms. The van der Waals surface area contributed by atoms with Crippen LogP contribution in [0.1, 0.15) is 45.9 Å². The highest BCUT2D eigenvalue weighted by molar-refractivity contribution is 5.95. The van der Waals surface area contributed by atoms with Crippen molar-refractivity contribution in [1.82, 2.24) is 9.80 Å². The molecule has 4 heteroatoms. The van der Waals surface area contributed by atoms with Crippen molar-refractivity contribution < 1.29 is 9.59 Å². The van der Waals surface area contributed by atoms with Crippen molar-refractivity contribution in [1.29, 1.82) is 0 Å². The van der Waals surface area contributed by atoms with Crippen LogP contribution in [0.3, 0.4) is 0 Å². The van der Waals surface area contributed by atoms with Crippen molar-refractivity contribution in [3.63, 3.8) is 0 Å². The number of fused-ring (bicyclic) bond motifs is 1. The molecule has 4 aromatic rings. The number of hydrogen-bond donors (Lipinski definition) is 0. The smallest absolute Gasteiger partial charge is 0.247 e. The summed E-state index contributed by atoms with van der Waals surface area (Å²) in [5, 5.41) is 0. The van der Waals surface area contributed by atoms with Gasteiger partial charge in [0.25, 0.3) is 0 Å². The maximum atomic E-state index is 14.4. The molecule has 1 heterocycles. The zero-order chi connectivity index (χ0) is 28.6. The molecule has 0 bridgehead atoms. The predicted molar refractivity (Wildman–Crippen MR) is 166 cm³/mol. The van der Waals surface area contributed by atoms with Crippen molar-refractivity contribution in [3.8, 4) is 0 Å². The summed E-state index contributed by atoms with van der Waals surface area (Å²) in [6.45, 7) is 5.74. The van der Waals surface area contributed by atoms with Crippen molar-refractivity contribution in [2.75, 3.05) is 6.54 Å². The lowest BCUT2D eigenvalue weighted by molar-refractivity contribution is -0.144. The van der Waals surface area contributed by atoms with Crippen LogP contribution in [-0.2, 0) is 41.9 Å². The van der Waals surface area contributed by atoms with Gasteiger partial charge in [-0.3, -0.25) is 9.59 Å². The Labute approximate surface area is 243 Å². The first-order chi connectivity index (χ1) is 20.0. The van der Waals surface area contributed by atoms with Gasteiger partial charge < -0.3 is 9.80 Å². The van der Waals surface area contributed by atoms with E-state index in [1.807, 2.05) is 78.6 Å². The molecule has 4 aromatic carbocycles. The third-order valence-electron chi connectivity index (χ3n) is 7.94. The highest BCUT2D eigenvalue weighted by atomic mass is 16.2. The van der Waals surface area contributed by atoms with E-state index in [0.717, 1.165) is 29.5 Å². The summed E-state index contributed by atoms with van der Waals surface area (Å²) in [5.41, 5.74) is 7.88. The van der Waals surface area contributed by atoms with Gasteiger partial charge in [0.05, 0.1) is 0 Å². The number of carbonyl (C=O) groups is 2. The number of hydrogen-bond acceptors (Lipinski definition) is 2. The van der Waals surface area contributed by atoms with Crippen LogP contribution in [0.25, 0.3) is 6.08 Å². The summed E-state index contributed by atoms with van der Waals surface area (Å²) in [5.74, 6) is -0.178. The van der Waals surface area contributed by atoms with Crippen LogP contribution < -0.4 is 0 Å². The lowest BCUT2D eigenvalue weighted by Gasteiger charge is -2.37. The number of carbonyl (C=O) groups excluding carboxylic acids is 2. The molecule has 0 saturated carbocycles. The number of amides is 2. The molecular weight excluding hydrogens is 504 g/mol. The summed E-state index contributed by atoms with van der Waals surface area (Å²) in [6, 6.07) is 34.1. The van der Waals surface area contributed by atoms with E-state index in [9.17, 15) is 9.59 Å². The molecular formula is C37H38N2O2. The Morgan fingerprint density at radius 1 is 0.805 bits per heavy atom. The lowest BCUT2D eigenvalue weighted by atomic mass is 9.97. The Hall–Kier alpha value is -4.44. The molecule has 1 aliphatic rings. The van der Waals surface area contributed by atoms with E-state index in [-0.39, 0.29) is 11.8 Å². The van der Waals surface area contributed by atoms with Crippen molar-refractivity contribution in [3.05, 3.63) is 148 Å². The zero-order valence-corrected chi connectivity index (χ0v) is 24.0. The van der Waals surface area contributed by atoms with E-state index in [1.54, 1.807) is 11.0 Å². The van der Waals surface area contributed by atoms with E-state index < -0.39 is 6.04 Å². The molecule has 4 nitrogen and oxygen atoms in total. The molecule has 0 unspecified atom stereocenters. The molecule has 0 saturated heterocycles. The minimum Gasteiger partial charge on any atom is -0.336 e. The SMILES string of the molecule is CCc1ccc(CN(C(=O)/C=C/c2ccc(C)cc2)[C@@H](Cc2ccccc2)C(=O)N2CCc3ccccc3C2)cc1. The van der Waals surface area contributed by atoms with Crippen LogP contribution in [0, 0.1) is 6.92 Å². The second-order valence-corrected chi connectivity index (χ2v) is 10.9. The van der Waals surface area contributed by atoms with Gasteiger partial charge >= 0.3 is 0 Å². The van der Waals surface area contributed by atoms with E-state index in [2.05, 4.69) is 49.4 Å². The Kier molecular flexibility index (Phi) is 9.10. The van der Waals surface area contributed by atoms with Gasteiger partial charge in [0.2, 0.25) is 11.8 Å². The van der Waals surface area contributed by atoms with Gasteiger partial charge in [-0.05, 0) is 59.2 Å². The summed E-state index contributed by atoms with van der Waals surface area (Å²) < 4.78 is 0. The largest absolute Gasteiger partial charge is 0.336 e. The van der Waals surface area contributed by atoms with Crippen LogP contribution in [0.15, 0.2) is 109 Å². The first-order valence-corrected chi connectivity index (χ1v) is 14.5. The number of aryl methyl sites for hydroxylation is 2. The van der Waals surface area contributed by atoms with Gasteiger partial charge in [0.1, 0.15) is 6.04 Å². The van der Waals surface area contributed by atoms with Gasteiger partial charge in [-0.15, -0.1) is 0 Å². The minimum absolute atomic E-state index is 0.00868. The van der Waals surface area contributed by atoms with Crippen LogP contribution in [0.4, 0.5) is 0 Å². The van der Waals surface area contributed by atoms with Gasteiger partial charge in [-0.2, -0.15) is 0 Å². The Balaban J connectivity index is 1.49. The van der Waals surface area contributed by atoms with Crippen molar-refractivity contribution >= 4 is 17.9 Å². The van der Waals surface area contributed by atoms with Gasteiger partial charge in [0, 0.05) is 32.1 Å². The number of rotatable bonds is 9. The number of nitrogens with zero attached hydrogens (tertiary/aromatic N) is 2. The summed E-state index contributed by atoms with van der Waals surface area (Å²) >= 11 is 0. The van der Waals surface area contributed by atoms with Crippen LogP contribution in [-0.4, -0.2) is 34.2 Å². The highest BCUT2D eigenvalue weighted by Gasteiger charge is 2.34. The average Bonchev–Trinajstić information content (AvgIpc) is 3.02. The molecule has 0 radical (unpaired) electrons. The molecule has 1 aliphatic heterocycles. The molecule has 0 fully saturated rings. The fourth-order valence-electron chi connectivity index (χ4n) is 5.42. The van der Waals surface area contributed by atoms with Crippen molar-refractivity contribution in [2.45, 2.75) is 52.2 Å². The monoisotopic (exact) mass is 542 g/mol. The van der Waals surface area contributed by atoms with E-state index in [0.29, 0.717) is 26.1 Å². The normalized spacial score (nSPS) is 13.6. The minimum atomic E-state index is -0.635. The molecule has 0 aromatic heterocycles. The second-order valence-electron chi connectivity index (χ2n) is 10.9. The summed E-state index contributed by atoms with van der Waals surface area (Å²) in [7, 11) is 0. The predicted octanol–water partition coefficient (Wildman–Crippen LogP) is 6.80. The first-order valence-electron chi connectivity index (χ1n) is 14.5. The van der Waals surface area contributed by atoms with Gasteiger partial charge in [-0.25, -0.2) is 0 Å². The molecule has 2 amide bonds. The second kappa shape index (κ2) is 13.3. The molecule has 0 N–H and O–H groups in total. The standard InChI is InChI=1S/C37H38N2O2/c1-3-29-17-19-32(20-18-29)26-39(36(40)22-21-30-15-13-28(2)14-16-30)35(25-31-9-5-4-6-10-31)37(41)38-24-23-33-11-7-8-12-34(33)27-38/h4-22,35H,3,23-27H2,1-2H3/b22-21+/t35-/m0/s1. The first kappa shape index (κ1) is 28.1. The third-order valence-corrected chi connectivity index (χ3v) is 7.94. The fraction of sp³-hybridized carbons (Fsp3) is 0.243. The van der Waals surface area contributed by atoms with E-state index in [4.69, 9.17) is 0 Å². The molecule has 208 valence electrons. The maximum absolute atomic E-state index is 14.4. The topological polar surface area (TPSA) is 40.6 Å². The Morgan fingerprint density at radius 2 is 1.46 bits per heavy atom. The average molecular weight is 543 g/mol. The highest BCUT2D eigenvalue weighted by Crippen LogP contribution is 2.23. The van der Waals surface area contributed by atoms with E-state index in [1.165, 1.54) is 22.3 Å². The number of benzene rings is 4. The Bertz CT molecular complexity index is 1490. The van der Waals surface area contributed by atoms with Crippen LogP contribution in [0.5, 0.6) is 0 Å². The molecule has 5 rings (SSSR count). The quantitative estimate of drug-likeness (QED) is 0.218. The molecule has 1 atom stereocenters. The third kappa shape index (κ3) is 7.20. The Morgan fingerprint density at radius 3 is 2.17 bits per heavy atom.